The lowest BCUT2D eigenvalue weighted by molar-refractivity contribution is 0.102. The second-order valence-corrected chi connectivity index (χ2v) is 5.87. The van der Waals surface area contributed by atoms with Crippen molar-refractivity contribution in [3.8, 4) is 0 Å². The van der Waals surface area contributed by atoms with Crippen molar-refractivity contribution in [1.82, 2.24) is 9.97 Å². The first-order chi connectivity index (χ1) is 12.6. The van der Waals surface area contributed by atoms with Crippen LogP contribution in [0.15, 0.2) is 60.8 Å². The summed E-state index contributed by atoms with van der Waals surface area (Å²) < 4.78 is 13.6. The number of carbonyl (C=O) groups is 1. The number of anilines is 2. The molecule has 0 aliphatic heterocycles. The minimum Gasteiger partial charge on any atom is -0.354 e. The van der Waals surface area contributed by atoms with E-state index in [1.165, 1.54) is 18.3 Å². The van der Waals surface area contributed by atoms with Gasteiger partial charge in [0.15, 0.2) is 0 Å². The fraction of sp³-hybridized carbons (Fsp3) is 0.105. The highest BCUT2D eigenvalue weighted by Crippen LogP contribution is 2.21. The van der Waals surface area contributed by atoms with Gasteiger partial charge in [0.05, 0.1) is 10.7 Å². The number of benzene rings is 2. The van der Waals surface area contributed by atoms with Crippen molar-refractivity contribution in [2.75, 3.05) is 17.2 Å². The SMILES string of the molecule is O=C(Nc1ccccc1Cl)c1ccnc(NCCc2ccccc2F)n1. The van der Waals surface area contributed by atoms with Crippen LogP contribution in [0.25, 0.3) is 0 Å². The number of hydrogen-bond acceptors (Lipinski definition) is 4. The molecule has 2 N–H and O–H groups in total. The Hall–Kier alpha value is -2.99. The van der Waals surface area contributed by atoms with Crippen LogP contribution in [0, 0.1) is 5.82 Å². The van der Waals surface area contributed by atoms with Crippen LogP contribution in [0.2, 0.25) is 5.02 Å². The quantitative estimate of drug-likeness (QED) is 0.683. The van der Waals surface area contributed by atoms with Gasteiger partial charge in [-0.15, -0.1) is 0 Å². The highest BCUT2D eigenvalue weighted by molar-refractivity contribution is 6.33. The number of aromatic nitrogens is 2. The van der Waals surface area contributed by atoms with Gasteiger partial charge in [-0.3, -0.25) is 4.79 Å². The number of halogens is 2. The van der Waals surface area contributed by atoms with Crippen LogP contribution < -0.4 is 10.6 Å². The average molecular weight is 371 g/mol. The second-order valence-electron chi connectivity index (χ2n) is 5.47. The number of rotatable bonds is 6. The van der Waals surface area contributed by atoms with Gasteiger partial charge in [-0.2, -0.15) is 0 Å². The summed E-state index contributed by atoms with van der Waals surface area (Å²) in [6.07, 6.45) is 1.96. The molecule has 0 saturated carbocycles. The molecule has 0 unspecified atom stereocenters. The minimum atomic E-state index is -0.391. The molecule has 0 saturated heterocycles. The predicted octanol–water partition coefficient (Wildman–Crippen LogP) is 4.18. The smallest absolute Gasteiger partial charge is 0.274 e. The van der Waals surface area contributed by atoms with Crippen molar-refractivity contribution in [2.45, 2.75) is 6.42 Å². The molecule has 0 bridgehead atoms. The minimum absolute atomic E-state index is 0.202. The molecule has 3 aromatic rings. The van der Waals surface area contributed by atoms with Crippen LogP contribution >= 0.6 is 11.6 Å². The molecule has 0 aliphatic carbocycles. The van der Waals surface area contributed by atoms with Gasteiger partial charge in [0.2, 0.25) is 5.95 Å². The second kappa shape index (κ2) is 8.40. The summed E-state index contributed by atoms with van der Waals surface area (Å²) in [7, 11) is 0. The lowest BCUT2D eigenvalue weighted by Crippen LogP contribution is -2.16. The third-order valence-electron chi connectivity index (χ3n) is 3.65. The molecule has 132 valence electrons. The van der Waals surface area contributed by atoms with Crippen LogP contribution in [0.5, 0.6) is 0 Å². The molecular weight excluding hydrogens is 355 g/mol. The number of nitrogens with one attached hydrogen (secondary N) is 2. The normalized spacial score (nSPS) is 10.4. The molecule has 5 nitrogen and oxygen atoms in total. The highest BCUT2D eigenvalue weighted by atomic mass is 35.5. The van der Waals surface area contributed by atoms with Gasteiger partial charge in [0.1, 0.15) is 11.5 Å². The van der Waals surface area contributed by atoms with E-state index in [0.717, 1.165) is 0 Å². The molecule has 1 heterocycles. The molecule has 3 rings (SSSR count). The molecule has 2 aromatic carbocycles. The number of hydrogen-bond donors (Lipinski definition) is 2. The molecule has 1 amide bonds. The summed E-state index contributed by atoms with van der Waals surface area (Å²) in [4.78, 5) is 20.6. The number of carbonyl (C=O) groups excluding carboxylic acids is 1. The average Bonchev–Trinajstić information content (AvgIpc) is 2.65. The maximum Gasteiger partial charge on any atom is 0.274 e. The summed E-state index contributed by atoms with van der Waals surface area (Å²) in [5.74, 6) is -0.339. The first-order valence-electron chi connectivity index (χ1n) is 7.99. The molecule has 7 heteroatoms. The van der Waals surface area contributed by atoms with Crippen molar-refractivity contribution in [3.63, 3.8) is 0 Å². The molecule has 0 aliphatic rings. The third kappa shape index (κ3) is 4.55. The van der Waals surface area contributed by atoms with Crippen LogP contribution in [-0.4, -0.2) is 22.4 Å². The Morgan fingerprint density at radius 2 is 1.85 bits per heavy atom. The van der Waals surface area contributed by atoms with E-state index in [4.69, 9.17) is 11.6 Å². The lowest BCUT2D eigenvalue weighted by Gasteiger charge is -2.08. The van der Waals surface area contributed by atoms with E-state index >= 15 is 0 Å². The van der Waals surface area contributed by atoms with Crippen molar-refractivity contribution < 1.29 is 9.18 Å². The van der Waals surface area contributed by atoms with Gasteiger partial charge in [0, 0.05) is 12.7 Å². The lowest BCUT2D eigenvalue weighted by atomic mass is 10.1. The highest BCUT2D eigenvalue weighted by Gasteiger charge is 2.11. The van der Waals surface area contributed by atoms with E-state index in [-0.39, 0.29) is 11.5 Å². The summed E-state index contributed by atoms with van der Waals surface area (Å²) in [6.45, 7) is 0.441. The molecule has 0 fully saturated rings. The Labute approximate surface area is 155 Å². The van der Waals surface area contributed by atoms with Gasteiger partial charge in [-0.25, -0.2) is 14.4 Å². The first-order valence-corrected chi connectivity index (χ1v) is 8.37. The van der Waals surface area contributed by atoms with Gasteiger partial charge in [-0.05, 0) is 36.2 Å². The number of amides is 1. The van der Waals surface area contributed by atoms with E-state index in [9.17, 15) is 9.18 Å². The Morgan fingerprint density at radius 3 is 2.65 bits per heavy atom. The van der Waals surface area contributed by atoms with Gasteiger partial charge < -0.3 is 10.6 Å². The topological polar surface area (TPSA) is 66.9 Å². The zero-order valence-electron chi connectivity index (χ0n) is 13.7. The van der Waals surface area contributed by atoms with Crippen LogP contribution in [0.1, 0.15) is 16.1 Å². The Bertz CT molecular complexity index is 919. The van der Waals surface area contributed by atoms with Gasteiger partial charge in [0.25, 0.3) is 5.91 Å². The van der Waals surface area contributed by atoms with E-state index in [0.29, 0.717) is 35.2 Å². The fourth-order valence-electron chi connectivity index (χ4n) is 2.33. The number of para-hydroxylation sites is 1. The number of nitrogens with zero attached hydrogens (tertiary/aromatic N) is 2. The first kappa shape index (κ1) is 17.8. The summed E-state index contributed by atoms with van der Waals surface area (Å²) in [5, 5.41) is 6.14. The Kier molecular flexibility index (Phi) is 5.76. The summed E-state index contributed by atoms with van der Waals surface area (Å²) in [6, 6.07) is 15.0. The fourth-order valence-corrected chi connectivity index (χ4v) is 2.51. The maximum atomic E-state index is 13.6. The molecule has 0 spiro atoms. The summed E-state index contributed by atoms with van der Waals surface area (Å²) >= 11 is 6.04. The molecular formula is C19H16ClFN4O. The Morgan fingerprint density at radius 1 is 1.08 bits per heavy atom. The van der Waals surface area contributed by atoms with Crippen LogP contribution in [0.4, 0.5) is 16.0 Å². The zero-order chi connectivity index (χ0) is 18.4. The van der Waals surface area contributed by atoms with Crippen molar-refractivity contribution in [3.05, 3.63) is 82.9 Å². The monoisotopic (exact) mass is 370 g/mol. The standard InChI is InChI=1S/C19H16ClFN4O/c20-14-6-2-4-8-16(14)24-18(26)17-10-12-23-19(25-17)22-11-9-13-5-1-3-7-15(13)21/h1-8,10,12H,9,11H2,(H,24,26)(H,22,23,25). The molecule has 0 radical (unpaired) electrons. The van der Waals surface area contributed by atoms with E-state index < -0.39 is 5.91 Å². The van der Waals surface area contributed by atoms with Crippen molar-refractivity contribution in [1.29, 1.82) is 0 Å². The zero-order valence-corrected chi connectivity index (χ0v) is 14.5. The van der Waals surface area contributed by atoms with E-state index in [1.807, 2.05) is 0 Å². The molecule has 0 atom stereocenters. The van der Waals surface area contributed by atoms with Crippen molar-refractivity contribution >= 4 is 29.1 Å². The third-order valence-corrected chi connectivity index (χ3v) is 3.98. The maximum absolute atomic E-state index is 13.6. The van der Waals surface area contributed by atoms with Crippen LogP contribution in [0.3, 0.4) is 0 Å². The molecule has 1 aromatic heterocycles. The predicted molar refractivity (Wildman–Crippen MR) is 100 cm³/mol. The van der Waals surface area contributed by atoms with Crippen LogP contribution in [-0.2, 0) is 6.42 Å². The Balaban J connectivity index is 1.62. The van der Waals surface area contributed by atoms with E-state index in [1.54, 1.807) is 42.5 Å². The largest absolute Gasteiger partial charge is 0.354 e. The summed E-state index contributed by atoms with van der Waals surface area (Å²) in [5.41, 5.74) is 1.31. The van der Waals surface area contributed by atoms with E-state index in [2.05, 4.69) is 20.6 Å². The molecule has 26 heavy (non-hydrogen) atoms. The van der Waals surface area contributed by atoms with Crippen molar-refractivity contribution in [2.24, 2.45) is 0 Å². The van der Waals surface area contributed by atoms with Gasteiger partial charge in [-0.1, -0.05) is 41.9 Å². The van der Waals surface area contributed by atoms with Gasteiger partial charge >= 0.3 is 0 Å².